The maximum absolute atomic E-state index is 12.7. The van der Waals surface area contributed by atoms with Crippen LogP contribution in [0.5, 0.6) is 5.75 Å². The first kappa shape index (κ1) is 20.4. The number of alkyl halides is 3. The zero-order chi connectivity index (χ0) is 21.0. The summed E-state index contributed by atoms with van der Waals surface area (Å²) in [5.74, 6) is -1.30. The minimum atomic E-state index is -4.83. The van der Waals surface area contributed by atoms with Gasteiger partial charge in [-0.15, -0.1) is 24.5 Å². The normalized spacial score (nSPS) is 11.0. The van der Waals surface area contributed by atoms with Crippen molar-refractivity contribution in [1.29, 1.82) is 0 Å². The van der Waals surface area contributed by atoms with Gasteiger partial charge in [0.1, 0.15) is 5.75 Å². The third-order valence-electron chi connectivity index (χ3n) is 3.87. The number of hydrogen-bond acceptors (Lipinski definition) is 4. The van der Waals surface area contributed by atoms with E-state index in [1.54, 1.807) is 42.8 Å². The molecule has 2 amide bonds. The Morgan fingerprint density at radius 1 is 1.03 bits per heavy atom. The van der Waals surface area contributed by atoms with E-state index in [1.807, 2.05) is 0 Å². The molecule has 0 spiro atoms. The van der Waals surface area contributed by atoms with E-state index >= 15 is 0 Å². The molecule has 0 unspecified atom stereocenters. The minimum Gasteiger partial charge on any atom is -0.406 e. The lowest BCUT2D eigenvalue weighted by Crippen LogP contribution is -2.28. The van der Waals surface area contributed by atoms with Crippen molar-refractivity contribution in [1.82, 2.24) is 0 Å². The zero-order valence-electron chi connectivity index (χ0n) is 15.1. The van der Waals surface area contributed by atoms with Crippen LogP contribution in [0.15, 0.2) is 66.0 Å². The van der Waals surface area contributed by atoms with E-state index < -0.39 is 18.0 Å². The number of amides is 2. The van der Waals surface area contributed by atoms with E-state index in [2.05, 4.69) is 10.1 Å². The number of rotatable bonds is 5. The monoisotopic (exact) mass is 420 g/mol. The van der Waals surface area contributed by atoms with E-state index in [-0.39, 0.29) is 17.2 Å². The second-order valence-electron chi connectivity index (χ2n) is 5.89. The standard InChI is InChI=1S/C20H15F3N2O3S/c1-25(19(27)17-10-5-11-29-17)16-9-3-2-8-15(16)18(26)24-13-6-4-7-14(12-13)28-20(21,22)23/h2-12H,1H3,(H,24,26). The molecule has 0 aliphatic rings. The molecule has 3 rings (SSSR count). The Bertz CT molecular complexity index is 1020. The zero-order valence-corrected chi connectivity index (χ0v) is 15.9. The molecular weight excluding hydrogens is 405 g/mol. The van der Waals surface area contributed by atoms with Gasteiger partial charge < -0.3 is 15.0 Å². The fourth-order valence-corrected chi connectivity index (χ4v) is 3.30. The first-order chi connectivity index (χ1) is 13.7. The Morgan fingerprint density at radius 3 is 2.48 bits per heavy atom. The van der Waals surface area contributed by atoms with Crippen LogP contribution in [0, 0.1) is 0 Å². The topological polar surface area (TPSA) is 58.6 Å². The predicted molar refractivity (Wildman–Crippen MR) is 105 cm³/mol. The van der Waals surface area contributed by atoms with Gasteiger partial charge in [0, 0.05) is 18.8 Å². The molecule has 29 heavy (non-hydrogen) atoms. The lowest BCUT2D eigenvalue weighted by molar-refractivity contribution is -0.274. The molecule has 0 bridgehead atoms. The Balaban J connectivity index is 1.82. The van der Waals surface area contributed by atoms with Gasteiger partial charge in [0.2, 0.25) is 0 Å². The fraction of sp³-hybridized carbons (Fsp3) is 0.100. The van der Waals surface area contributed by atoms with Gasteiger partial charge in [0.15, 0.2) is 0 Å². The number of nitrogens with zero attached hydrogens (tertiary/aromatic N) is 1. The quantitative estimate of drug-likeness (QED) is 0.619. The Morgan fingerprint density at radius 2 is 1.79 bits per heavy atom. The van der Waals surface area contributed by atoms with Crippen molar-refractivity contribution < 1.29 is 27.5 Å². The highest BCUT2D eigenvalue weighted by Crippen LogP contribution is 2.27. The van der Waals surface area contributed by atoms with Crippen LogP contribution in [0.2, 0.25) is 0 Å². The van der Waals surface area contributed by atoms with Crippen molar-refractivity contribution in [3.05, 3.63) is 76.5 Å². The molecule has 0 aliphatic heterocycles. The van der Waals surface area contributed by atoms with Crippen LogP contribution in [-0.4, -0.2) is 25.2 Å². The number of benzene rings is 2. The van der Waals surface area contributed by atoms with E-state index in [1.165, 1.54) is 34.4 Å². The van der Waals surface area contributed by atoms with Gasteiger partial charge in [-0.3, -0.25) is 9.59 Å². The molecule has 2 aromatic carbocycles. The average Bonchev–Trinajstić information content (AvgIpc) is 3.20. The van der Waals surface area contributed by atoms with Crippen LogP contribution in [0.25, 0.3) is 0 Å². The Labute approximate surface area is 168 Å². The van der Waals surface area contributed by atoms with Gasteiger partial charge in [0.25, 0.3) is 11.8 Å². The highest BCUT2D eigenvalue weighted by Gasteiger charge is 2.31. The molecule has 1 aromatic heterocycles. The summed E-state index contributed by atoms with van der Waals surface area (Å²) in [6.45, 7) is 0. The third kappa shape index (κ3) is 5.14. The summed E-state index contributed by atoms with van der Waals surface area (Å²) in [6.07, 6.45) is -4.83. The highest BCUT2D eigenvalue weighted by atomic mass is 32.1. The lowest BCUT2D eigenvalue weighted by atomic mass is 10.1. The van der Waals surface area contributed by atoms with Crippen LogP contribution in [0.4, 0.5) is 24.5 Å². The number of halogens is 3. The number of nitrogens with one attached hydrogen (secondary N) is 1. The highest BCUT2D eigenvalue weighted by molar-refractivity contribution is 7.12. The summed E-state index contributed by atoms with van der Waals surface area (Å²) in [5.41, 5.74) is 0.687. The van der Waals surface area contributed by atoms with Crippen LogP contribution in [0.3, 0.4) is 0 Å². The predicted octanol–water partition coefficient (Wildman–Crippen LogP) is 5.18. The molecule has 150 valence electrons. The number of para-hydroxylation sites is 1. The lowest BCUT2D eigenvalue weighted by Gasteiger charge is -2.20. The van der Waals surface area contributed by atoms with Crippen molar-refractivity contribution in [3.63, 3.8) is 0 Å². The molecule has 1 heterocycles. The summed E-state index contributed by atoms with van der Waals surface area (Å²) in [6, 6.07) is 14.8. The molecule has 1 N–H and O–H groups in total. The summed E-state index contributed by atoms with van der Waals surface area (Å²) >= 11 is 1.28. The van der Waals surface area contributed by atoms with Crippen molar-refractivity contribution in [2.45, 2.75) is 6.36 Å². The Kier molecular flexibility index (Phi) is 5.88. The molecule has 0 aliphatic carbocycles. The van der Waals surface area contributed by atoms with Gasteiger partial charge in [0.05, 0.1) is 16.1 Å². The van der Waals surface area contributed by atoms with Gasteiger partial charge >= 0.3 is 6.36 Å². The van der Waals surface area contributed by atoms with Gasteiger partial charge in [-0.25, -0.2) is 0 Å². The van der Waals surface area contributed by atoms with Crippen LogP contribution in [0.1, 0.15) is 20.0 Å². The molecular formula is C20H15F3N2O3S. The number of ether oxygens (including phenoxy) is 1. The first-order valence-electron chi connectivity index (χ1n) is 8.32. The molecule has 0 saturated carbocycles. The second kappa shape index (κ2) is 8.36. The van der Waals surface area contributed by atoms with Crippen molar-refractivity contribution in [3.8, 4) is 5.75 Å². The summed E-state index contributed by atoms with van der Waals surface area (Å²) in [4.78, 5) is 27.2. The van der Waals surface area contributed by atoms with E-state index in [0.717, 1.165) is 12.1 Å². The summed E-state index contributed by atoms with van der Waals surface area (Å²) in [7, 11) is 1.55. The largest absolute Gasteiger partial charge is 0.573 e. The summed E-state index contributed by atoms with van der Waals surface area (Å²) < 4.78 is 41.0. The first-order valence-corrected chi connectivity index (χ1v) is 9.20. The van der Waals surface area contributed by atoms with Gasteiger partial charge in [-0.2, -0.15) is 0 Å². The maximum atomic E-state index is 12.7. The Hall–Kier alpha value is -3.33. The van der Waals surface area contributed by atoms with Crippen LogP contribution >= 0.6 is 11.3 Å². The minimum absolute atomic E-state index is 0.124. The second-order valence-corrected chi connectivity index (χ2v) is 6.84. The number of anilines is 2. The molecule has 0 saturated heterocycles. The van der Waals surface area contributed by atoms with Crippen molar-refractivity contribution in [2.75, 3.05) is 17.3 Å². The smallest absolute Gasteiger partial charge is 0.406 e. The number of carbonyl (C=O) groups is 2. The molecule has 0 radical (unpaired) electrons. The van der Waals surface area contributed by atoms with E-state index in [9.17, 15) is 22.8 Å². The number of carbonyl (C=O) groups excluding carboxylic acids is 2. The van der Waals surface area contributed by atoms with E-state index in [4.69, 9.17) is 0 Å². The van der Waals surface area contributed by atoms with Crippen molar-refractivity contribution in [2.24, 2.45) is 0 Å². The third-order valence-corrected chi connectivity index (χ3v) is 4.73. The fourth-order valence-electron chi connectivity index (χ4n) is 2.60. The van der Waals surface area contributed by atoms with Crippen LogP contribution in [-0.2, 0) is 0 Å². The number of hydrogen-bond donors (Lipinski definition) is 1. The SMILES string of the molecule is CN(C(=O)c1cccs1)c1ccccc1C(=O)Nc1cccc(OC(F)(F)F)c1. The summed E-state index contributed by atoms with van der Waals surface area (Å²) in [5, 5.41) is 4.31. The molecule has 3 aromatic rings. The molecule has 0 atom stereocenters. The van der Waals surface area contributed by atoms with Crippen LogP contribution < -0.4 is 15.0 Å². The van der Waals surface area contributed by atoms with E-state index in [0.29, 0.717) is 10.6 Å². The molecule has 0 fully saturated rings. The van der Waals surface area contributed by atoms with Gasteiger partial charge in [-0.05, 0) is 35.7 Å². The van der Waals surface area contributed by atoms with Crippen molar-refractivity contribution >= 4 is 34.5 Å². The maximum Gasteiger partial charge on any atom is 0.573 e. The molecule has 5 nitrogen and oxygen atoms in total. The van der Waals surface area contributed by atoms with Gasteiger partial charge in [-0.1, -0.05) is 24.3 Å². The molecule has 9 heteroatoms. The number of thiophene rings is 1. The average molecular weight is 420 g/mol.